The summed E-state index contributed by atoms with van der Waals surface area (Å²) in [4.78, 5) is 0. The predicted molar refractivity (Wildman–Crippen MR) is 46.0 cm³/mol. The summed E-state index contributed by atoms with van der Waals surface area (Å²) in [6, 6.07) is 0. The maximum atomic E-state index is 9.22. The van der Waals surface area contributed by atoms with E-state index >= 15 is 0 Å². The molecule has 1 aliphatic rings. The van der Waals surface area contributed by atoms with E-state index in [1.165, 1.54) is 0 Å². The Labute approximate surface area is 73.2 Å². The van der Waals surface area contributed by atoms with Gasteiger partial charge in [-0.15, -0.1) is 12.4 Å². The molecule has 68 valence electrons. The van der Waals surface area contributed by atoms with Crippen molar-refractivity contribution in [1.29, 1.82) is 0 Å². The molecule has 0 spiro atoms. The van der Waals surface area contributed by atoms with Gasteiger partial charge in [0.2, 0.25) is 0 Å². The monoisotopic (exact) mass is 181 g/mol. The van der Waals surface area contributed by atoms with Crippen LogP contribution in [0.5, 0.6) is 0 Å². The van der Waals surface area contributed by atoms with Crippen LogP contribution in [0.25, 0.3) is 0 Å². The molecule has 0 bridgehead atoms. The third-order valence-corrected chi connectivity index (χ3v) is 1.95. The van der Waals surface area contributed by atoms with Crippen LogP contribution in [-0.4, -0.2) is 34.5 Å². The first-order valence-corrected chi connectivity index (χ1v) is 3.62. The summed E-state index contributed by atoms with van der Waals surface area (Å²) >= 11 is 0. The topological polar surface area (TPSA) is 52.5 Å². The Balaban J connectivity index is 0.000001000. The number of β-amino-alcohol motifs (C(OH)–C–C–N with tert-alkyl or cyclic N) is 1. The van der Waals surface area contributed by atoms with E-state index in [0.29, 0.717) is 13.0 Å². The lowest BCUT2D eigenvalue weighted by molar-refractivity contribution is -0.0262. The highest BCUT2D eigenvalue weighted by Crippen LogP contribution is 2.18. The highest BCUT2D eigenvalue weighted by Gasteiger charge is 2.31. The molecule has 0 saturated carbocycles. The van der Waals surface area contributed by atoms with E-state index in [9.17, 15) is 5.11 Å². The molecule has 3 nitrogen and oxygen atoms in total. The van der Waals surface area contributed by atoms with Crippen molar-refractivity contribution >= 4 is 12.4 Å². The van der Waals surface area contributed by atoms with E-state index in [0.717, 1.165) is 0 Å². The summed E-state index contributed by atoms with van der Waals surface area (Å²) in [6.07, 6.45) is -0.530. The van der Waals surface area contributed by atoms with Gasteiger partial charge in [-0.2, -0.15) is 0 Å². The van der Waals surface area contributed by atoms with Gasteiger partial charge < -0.3 is 15.5 Å². The highest BCUT2D eigenvalue weighted by molar-refractivity contribution is 5.85. The molecule has 0 aromatic carbocycles. The molecule has 11 heavy (non-hydrogen) atoms. The standard InChI is InChI=1S/C7H15NO2.ClH/c1-7(2)3-5(9)6(10)4-8-7;/h5-6,8-10H,3-4H2,1-2H3;1H/t5-,6+;/m0./s1. The van der Waals surface area contributed by atoms with E-state index in [1.54, 1.807) is 0 Å². The lowest BCUT2D eigenvalue weighted by Crippen LogP contribution is -2.55. The molecular formula is C7H16ClNO2. The van der Waals surface area contributed by atoms with E-state index in [1.807, 2.05) is 13.8 Å². The largest absolute Gasteiger partial charge is 0.390 e. The van der Waals surface area contributed by atoms with Gasteiger partial charge in [0.1, 0.15) is 0 Å². The Morgan fingerprint density at radius 2 is 1.82 bits per heavy atom. The molecule has 3 N–H and O–H groups in total. The van der Waals surface area contributed by atoms with Crippen LogP contribution in [0.2, 0.25) is 0 Å². The van der Waals surface area contributed by atoms with E-state index in [4.69, 9.17) is 5.11 Å². The fraction of sp³-hybridized carbons (Fsp3) is 1.00. The minimum atomic E-state index is -0.590. The molecule has 1 fully saturated rings. The second-order valence-electron chi connectivity index (χ2n) is 3.60. The predicted octanol–water partition coefficient (Wildman–Crippen LogP) is -0.0981. The molecule has 4 heteroatoms. The summed E-state index contributed by atoms with van der Waals surface area (Å²) < 4.78 is 0. The van der Waals surface area contributed by atoms with Gasteiger partial charge >= 0.3 is 0 Å². The summed E-state index contributed by atoms with van der Waals surface area (Å²) in [5.41, 5.74) is -0.0291. The average Bonchev–Trinajstić information content (AvgIpc) is 1.79. The third-order valence-electron chi connectivity index (χ3n) is 1.95. The molecule has 1 rings (SSSR count). The van der Waals surface area contributed by atoms with Crippen LogP contribution in [0.3, 0.4) is 0 Å². The van der Waals surface area contributed by atoms with E-state index in [2.05, 4.69) is 5.32 Å². The van der Waals surface area contributed by atoms with Crippen LogP contribution >= 0.6 is 12.4 Å². The minimum absolute atomic E-state index is 0. The van der Waals surface area contributed by atoms with E-state index < -0.39 is 12.2 Å². The van der Waals surface area contributed by atoms with Crippen molar-refractivity contribution in [3.05, 3.63) is 0 Å². The van der Waals surface area contributed by atoms with Crippen molar-refractivity contribution in [3.63, 3.8) is 0 Å². The van der Waals surface area contributed by atoms with Crippen LogP contribution in [0, 0.1) is 0 Å². The first-order chi connectivity index (χ1) is 4.51. The Bertz CT molecular complexity index is 130. The van der Waals surface area contributed by atoms with Gasteiger partial charge in [0.05, 0.1) is 12.2 Å². The fourth-order valence-electron chi connectivity index (χ4n) is 1.25. The van der Waals surface area contributed by atoms with Gasteiger partial charge in [0, 0.05) is 12.1 Å². The zero-order valence-corrected chi connectivity index (χ0v) is 7.69. The maximum absolute atomic E-state index is 9.22. The van der Waals surface area contributed by atoms with Crippen LogP contribution in [0.1, 0.15) is 20.3 Å². The van der Waals surface area contributed by atoms with Gasteiger partial charge in [0.15, 0.2) is 0 Å². The molecule has 0 aromatic heterocycles. The molecule has 0 amide bonds. The first-order valence-electron chi connectivity index (χ1n) is 3.62. The third kappa shape index (κ3) is 2.95. The van der Waals surface area contributed by atoms with Crippen molar-refractivity contribution in [3.8, 4) is 0 Å². The number of halogens is 1. The Morgan fingerprint density at radius 3 is 2.18 bits per heavy atom. The van der Waals surface area contributed by atoms with Crippen molar-refractivity contribution in [2.75, 3.05) is 6.54 Å². The molecule has 2 atom stereocenters. The van der Waals surface area contributed by atoms with Gasteiger partial charge in [0.25, 0.3) is 0 Å². The number of rotatable bonds is 0. The van der Waals surface area contributed by atoms with Gasteiger partial charge in [-0.25, -0.2) is 0 Å². The van der Waals surface area contributed by atoms with Gasteiger partial charge in [-0.1, -0.05) is 0 Å². The minimum Gasteiger partial charge on any atom is -0.390 e. The molecular weight excluding hydrogens is 166 g/mol. The van der Waals surface area contributed by atoms with Crippen LogP contribution in [0.4, 0.5) is 0 Å². The summed E-state index contributed by atoms with van der Waals surface area (Å²) in [6.45, 7) is 4.53. The maximum Gasteiger partial charge on any atom is 0.0923 e. The lowest BCUT2D eigenvalue weighted by atomic mass is 9.90. The second-order valence-corrected chi connectivity index (χ2v) is 3.60. The van der Waals surface area contributed by atoms with Crippen LogP contribution in [-0.2, 0) is 0 Å². The van der Waals surface area contributed by atoms with Crippen molar-refractivity contribution in [2.24, 2.45) is 0 Å². The van der Waals surface area contributed by atoms with Gasteiger partial charge in [-0.05, 0) is 20.3 Å². The van der Waals surface area contributed by atoms with Crippen molar-refractivity contribution in [1.82, 2.24) is 5.32 Å². The summed E-state index contributed by atoms with van der Waals surface area (Å²) in [7, 11) is 0. The Morgan fingerprint density at radius 1 is 1.27 bits per heavy atom. The number of aliphatic hydroxyl groups is 2. The number of hydrogen-bond acceptors (Lipinski definition) is 3. The van der Waals surface area contributed by atoms with Crippen molar-refractivity contribution in [2.45, 2.75) is 38.0 Å². The number of nitrogens with one attached hydrogen (secondary N) is 1. The van der Waals surface area contributed by atoms with Gasteiger partial charge in [-0.3, -0.25) is 0 Å². The normalized spacial score (nSPS) is 36.0. The molecule has 1 saturated heterocycles. The average molecular weight is 182 g/mol. The highest BCUT2D eigenvalue weighted by atomic mass is 35.5. The SMILES string of the molecule is CC1(C)C[C@H](O)[C@H](O)CN1.Cl. The van der Waals surface area contributed by atoms with Crippen molar-refractivity contribution < 1.29 is 10.2 Å². The molecule has 0 unspecified atom stereocenters. The number of piperidine rings is 1. The van der Waals surface area contributed by atoms with Crippen LogP contribution in [0.15, 0.2) is 0 Å². The fourth-order valence-corrected chi connectivity index (χ4v) is 1.25. The molecule has 0 aromatic rings. The number of hydrogen-bond donors (Lipinski definition) is 3. The van der Waals surface area contributed by atoms with Crippen LogP contribution < -0.4 is 5.32 Å². The second kappa shape index (κ2) is 3.72. The Hall–Kier alpha value is 0.170. The molecule has 1 heterocycles. The lowest BCUT2D eigenvalue weighted by Gasteiger charge is -2.37. The Kier molecular flexibility index (Phi) is 3.77. The smallest absolute Gasteiger partial charge is 0.0923 e. The zero-order chi connectivity index (χ0) is 7.78. The molecule has 1 aliphatic heterocycles. The summed E-state index contributed by atoms with van der Waals surface area (Å²) in [5, 5.41) is 21.4. The molecule has 0 aliphatic carbocycles. The zero-order valence-electron chi connectivity index (χ0n) is 6.87. The quantitative estimate of drug-likeness (QED) is 0.490. The van der Waals surface area contributed by atoms with E-state index in [-0.39, 0.29) is 17.9 Å². The molecule has 0 radical (unpaired) electrons. The first kappa shape index (κ1) is 11.2. The summed E-state index contributed by atoms with van der Waals surface area (Å²) in [5.74, 6) is 0. The number of aliphatic hydroxyl groups excluding tert-OH is 2.